The predicted octanol–water partition coefficient (Wildman–Crippen LogP) is -0.00970. The van der Waals surface area contributed by atoms with E-state index in [0.717, 1.165) is 25.3 Å². The summed E-state index contributed by atoms with van der Waals surface area (Å²) in [6.07, 6.45) is 4.47. The van der Waals surface area contributed by atoms with Gasteiger partial charge < -0.3 is 10.1 Å². The lowest BCUT2D eigenvalue weighted by atomic mass is 10.3. The van der Waals surface area contributed by atoms with E-state index >= 15 is 0 Å². The summed E-state index contributed by atoms with van der Waals surface area (Å²) in [6, 6.07) is 2.02. The maximum Gasteiger partial charge on any atom is 0.164 e. The number of aromatic nitrogens is 5. The van der Waals surface area contributed by atoms with Gasteiger partial charge in [-0.2, -0.15) is 10.2 Å². The van der Waals surface area contributed by atoms with Crippen LogP contribution in [0.5, 0.6) is 0 Å². The smallest absolute Gasteiger partial charge is 0.164 e. The van der Waals surface area contributed by atoms with E-state index in [1.54, 1.807) is 13.4 Å². The second-order valence-corrected chi connectivity index (χ2v) is 4.29. The molecule has 0 saturated carbocycles. The molecule has 2 aromatic heterocycles. The molecule has 1 N–H and O–H groups in total. The van der Waals surface area contributed by atoms with E-state index in [0.29, 0.717) is 13.2 Å². The van der Waals surface area contributed by atoms with Crippen molar-refractivity contribution < 1.29 is 4.74 Å². The minimum atomic E-state index is 0.669. The first kappa shape index (κ1) is 13.7. The van der Waals surface area contributed by atoms with E-state index in [1.807, 2.05) is 28.7 Å². The van der Waals surface area contributed by atoms with Gasteiger partial charge in [0, 0.05) is 45.6 Å². The minimum Gasteiger partial charge on any atom is -0.383 e. The van der Waals surface area contributed by atoms with Crippen LogP contribution >= 0.6 is 0 Å². The number of rotatable bonds is 8. The van der Waals surface area contributed by atoms with Gasteiger partial charge in [-0.15, -0.1) is 0 Å². The second-order valence-electron chi connectivity index (χ2n) is 4.29. The molecule has 0 unspecified atom stereocenters. The highest BCUT2D eigenvalue weighted by molar-refractivity contribution is 4.99. The summed E-state index contributed by atoms with van der Waals surface area (Å²) in [4.78, 5) is 4.26. The topological polar surface area (TPSA) is 69.8 Å². The van der Waals surface area contributed by atoms with Gasteiger partial charge in [0.1, 0.15) is 6.33 Å². The van der Waals surface area contributed by atoms with Gasteiger partial charge in [0.15, 0.2) is 5.82 Å². The summed E-state index contributed by atoms with van der Waals surface area (Å²) >= 11 is 0. The molecule has 0 atom stereocenters. The Hall–Kier alpha value is -1.73. The molecule has 0 saturated heterocycles. The van der Waals surface area contributed by atoms with E-state index in [2.05, 4.69) is 20.5 Å². The number of methoxy groups -OCH3 is 1. The van der Waals surface area contributed by atoms with Crippen LogP contribution in [0.15, 0.2) is 18.6 Å². The molecule has 0 amide bonds. The van der Waals surface area contributed by atoms with Crippen molar-refractivity contribution in [2.75, 3.05) is 20.3 Å². The molecule has 0 aliphatic heterocycles. The van der Waals surface area contributed by atoms with Crippen LogP contribution in [0.25, 0.3) is 0 Å². The van der Waals surface area contributed by atoms with Crippen molar-refractivity contribution in [1.29, 1.82) is 0 Å². The summed E-state index contributed by atoms with van der Waals surface area (Å²) in [5.74, 6) is 0.807. The Bertz CT molecular complexity index is 492. The summed E-state index contributed by atoms with van der Waals surface area (Å²) in [7, 11) is 3.63. The summed E-state index contributed by atoms with van der Waals surface area (Å²) in [5, 5.41) is 11.8. The van der Waals surface area contributed by atoms with Crippen molar-refractivity contribution in [2.45, 2.75) is 19.5 Å². The Balaban J connectivity index is 1.76. The first-order valence-electron chi connectivity index (χ1n) is 6.34. The van der Waals surface area contributed by atoms with Crippen molar-refractivity contribution in [1.82, 2.24) is 29.9 Å². The Morgan fingerprint density at radius 2 is 2.32 bits per heavy atom. The number of hydrogen-bond acceptors (Lipinski definition) is 5. The monoisotopic (exact) mass is 264 g/mol. The Morgan fingerprint density at radius 1 is 1.42 bits per heavy atom. The van der Waals surface area contributed by atoms with Gasteiger partial charge in [-0.1, -0.05) is 0 Å². The van der Waals surface area contributed by atoms with Gasteiger partial charge in [0.2, 0.25) is 0 Å². The van der Waals surface area contributed by atoms with Gasteiger partial charge in [-0.3, -0.25) is 9.36 Å². The molecule has 7 nitrogen and oxygen atoms in total. The zero-order chi connectivity index (χ0) is 13.5. The lowest BCUT2D eigenvalue weighted by molar-refractivity contribution is 0.199. The Kier molecular flexibility index (Phi) is 5.05. The molecule has 0 aliphatic rings. The fourth-order valence-corrected chi connectivity index (χ4v) is 1.77. The number of aryl methyl sites for hydroxylation is 3. The molecule has 0 bridgehead atoms. The van der Waals surface area contributed by atoms with Crippen molar-refractivity contribution in [2.24, 2.45) is 7.05 Å². The molecule has 0 spiro atoms. The van der Waals surface area contributed by atoms with Crippen LogP contribution in [0.2, 0.25) is 0 Å². The lowest BCUT2D eigenvalue weighted by Crippen LogP contribution is -2.19. The largest absolute Gasteiger partial charge is 0.383 e. The summed E-state index contributed by atoms with van der Waals surface area (Å²) < 4.78 is 8.70. The first-order valence-corrected chi connectivity index (χ1v) is 6.34. The predicted molar refractivity (Wildman–Crippen MR) is 70.5 cm³/mol. The maximum absolute atomic E-state index is 4.96. The van der Waals surface area contributed by atoms with E-state index in [1.165, 1.54) is 5.69 Å². The van der Waals surface area contributed by atoms with E-state index in [4.69, 9.17) is 4.74 Å². The fourth-order valence-electron chi connectivity index (χ4n) is 1.77. The minimum absolute atomic E-state index is 0.669. The highest BCUT2D eigenvalue weighted by Gasteiger charge is 2.02. The molecule has 7 heteroatoms. The van der Waals surface area contributed by atoms with E-state index < -0.39 is 0 Å². The summed E-state index contributed by atoms with van der Waals surface area (Å²) in [6.45, 7) is 2.98. The maximum atomic E-state index is 4.96. The normalized spacial score (nSPS) is 11.1. The average molecular weight is 264 g/mol. The van der Waals surface area contributed by atoms with Gasteiger partial charge in [0.05, 0.1) is 13.2 Å². The van der Waals surface area contributed by atoms with Gasteiger partial charge in [-0.05, 0) is 6.07 Å². The Morgan fingerprint density at radius 3 is 3.05 bits per heavy atom. The van der Waals surface area contributed by atoms with Crippen molar-refractivity contribution in [3.63, 3.8) is 0 Å². The van der Waals surface area contributed by atoms with Crippen LogP contribution in [0.3, 0.4) is 0 Å². The molecule has 2 rings (SSSR count). The first-order chi connectivity index (χ1) is 9.29. The third-order valence-electron chi connectivity index (χ3n) is 2.87. The third kappa shape index (κ3) is 4.15. The zero-order valence-electron chi connectivity index (χ0n) is 11.4. The second kappa shape index (κ2) is 7.01. The molecule has 2 heterocycles. The molecule has 0 fully saturated rings. The molecule has 19 heavy (non-hydrogen) atoms. The molecular formula is C12H20N6O. The van der Waals surface area contributed by atoms with Crippen LogP contribution in [0.1, 0.15) is 11.5 Å². The Labute approximate surface area is 112 Å². The average Bonchev–Trinajstić information content (AvgIpc) is 3.01. The van der Waals surface area contributed by atoms with Crippen LogP contribution in [0.4, 0.5) is 0 Å². The quantitative estimate of drug-likeness (QED) is 0.679. The highest BCUT2D eigenvalue weighted by Crippen LogP contribution is 1.99. The van der Waals surface area contributed by atoms with Crippen LogP contribution < -0.4 is 5.32 Å². The fraction of sp³-hybridized carbons (Fsp3) is 0.583. The van der Waals surface area contributed by atoms with Crippen LogP contribution in [-0.2, 0) is 31.3 Å². The lowest BCUT2D eigenvalue weighted by Gasteiger charge is -2.02. The number of nitrogens with zero attached hydrogens (tertiary/aromatic N) is 5. The standard InChI is InChI=1S/C12H20N6O/c1-17-11(3-5-15-17)4-7-18-10-14-12(16-18)9-13-6-8-19-2/h3,5,10,13H,4,6-9H2,1-2H3. The van der Waals surface area contributed by atoms with Gasteiger partial charge >= 0.3 is 0 Å². The SMILES string of the molecule is COCCNCc1ncn(CCc2ccnn2C)n1. The number of hydrogen-bond donors (Lipinski definition) is 1. The molecule has 0 aliphatic carbocycles. The van der Waals surface area contributed by atoms with Crippen molar-refractivity contribution in [3.8, 4) is 0 Å². The molecule has 2 aromatic rings. The van der Waals surface area contributed by atoms with Crippen LogP contribution in [-0.4, -0.2) is 44.8 Å². The van der Waals surface area contributed by atoms with E-state index in [9.17, 15) is 0 Å². The van der Waals surface area contributed by atoms with Gasteiger partial charge in [0.25, 0.3) is 0 Å². The molecular weight excluding hydrogens is 244 g/mol. The zero-order valence-corrected chi connectivity index (χ0v) is 11.4. The molecule has 0 aromatic carbocycles. The third-order valence-corrected chi connectivity index (χ3v) is 2.87. The molecule has 0 radical (unpaired) electrons. The van der Waals surface area contributed by atoms with Gasteiger partial charge in [-0.25, -0.2) is 4.98 Å². The number of ether oxygens (including phenoxy) is 1. The van der Waals surface area contributed by atoms with Crippen molar-refractivity contribution in [3.05, 3.63) is 30.1 Å². The molecule has 104 valence electrons. The highest BCUT2D eigenvalue weighted by atomic mass is 16.5. The number of nitrogens with one attached hydrogen (secondary N) is 1. The van der Waals surface area contributed by atoms with E-state index in [-0.39, 0.29) is 0 Å². The van der Waals surface area contributed by atoms with Crippen molar-refractivity contribution >= 4 is 0 Å². The summed E-state index contributed by atoms with van der Waals surface area (Å²) in [5.41, 5.74) is 1.19. The van der Waals surface area contributed by atoms with Crippen LogP contribution in [0, 0.1) is 0 Å².